The fourth-order valence-corrected chi connectivity index (χ4v) is 2.01. The Bertz CT molecular complexity index is 674. The van der Waals surface area contributed by atoms with E-state index in [0.29, 0.717) is 5.52 Å². The number of fused-ring (bicyclic) bond motifs is 1. The van der Waals surface area contributed by atoms with Gasteiger partial charge in [0.1, 0.15) is 0 Å². The predicted molar refractivity (Wildman–Crippen MR) is 71.8 cm³/mol. The highest BCUT2D eigenvalue weighted by atomic mass is 16.5. The van der Waals surface area contributed by atoms with E-state index in [1.165, 1.54) is 13.3 Å². The van der Waals surface area contributed by atoms with E-state index in [-0.39, 0.29) is 18.1 Å². The lowest BCUT2D eigenvalue weighted by Crippen LogP contribution is -2.35. The molecule has 5 heteroatoms. The number of nitrogens with zero attached hydrogens (tertiary/aromatic N) is 2. The smallest absolute Gasteiger partial charge is 0.313 e. The highest BCUT2D eigenvalue weighted by Gasteiger charge is 2.30. The van der Waals surface area contributed by atoms with Crippen LogP contribution >= 0.6 is 0 Å². The summed E-state index contributed by atoms with van der Waals surface area (Å²) in [6.07, 6.45) is 1.27. The molecule has 1 aromatic heterocycles. The summed E-state index contributed by atoms with van der Waals surface area (Å²) >= 11 is 0. The van der Waals surface area contributed by atoms with Crippen LogP contribution in [0.15, 0.2) is 35.3 Å². The standard InChI is InChI=1S/C14H16N2O3/c1-14(2,13(18)19-3)9-16-11-7-5-4-6-10(11)15-8-12(16)17/h4-8H,9H2,1-3H3. The van der Waals surface area contributed by atoms with Crippen molar-refractivity contribution in [1.29, 1.82) is 0 Å². The van der Waals surface area contributed by atoms with E-state index in [2.05, 4.69) is 4.98 Å². The highest BCUT2D eigenvalue weighted by Crippen LogP contribution is 2.21. The Morgan fingerprint density at radius 2 is 2.05 bits per heavy atom. The summed E-state index contributed by atoms with van der Waals surface area (Å²) in [6.45, 7) is 3.75. The lowest BCUT2D eigenvalue weighted by Gasteiger charge is -2.23. The Labute approximate surface area is 110 Å². The average molecular weight is 260 g/mol. The third-order valence-electron chi connectivity index (χ3n) is 3.04. The molecular weight excluding hydrogens is 244 g/mol. The van der Waals surface area contributed by atoms with E-state index in [0.717, 1.165) is 5.52 Å². The van der Waals surface area contributed by atoms with Gasteiger partial charge in [-0.3, -0.25) is 9.59 Å². The summed E-state index contributed by atoms with van der Waals surface area (Å²) in [5, 5.41) is 0. The maximum atomic E-state index is 12.0. The Kier molecular flexibility index (Phi) is 3.38. The minimum absolute atomic E-state index is 0.226. The van der Waals surface area contributed by atoms with Gasteiger partial charge in [-0.25, -0.2) is 4.98 Å². The van der Waals surface area contributed by atoms with Crippen LogP contribution in [0.2, 0.25) is 0 Å². The van der Waals surface area contributed by atoms with Gasteiger partial charge in [0.2, 0.25) is 0 Å². The van der Waals surface area contributed by atoms with E-state index in [1.54, 1.807) is 18.4 Å². The first-order valence-electron chi connectivity index (χ1n) is 5.99. The zero-order valence-corrected chi connectivity index (χ0v) is 11.2. The van der Waals surface area contributed by atoms with E-state index in [1.807, 2.05) is 24.3 Å². The van der Waals surface area contributed by atoms with Crippen molar-refractivity contribution in [3.63, 3.8) is 0 Å². The summed E-state index contributed by atoms with van der Waals surface area (Å²) in [5.74, 6) is -0.347. The number of para-hydroxylation sites is 2. The summed E-state index contributed by atoms with van der Waals surface area (Å²) in [7, 11) is 1.34. The van der Waals surface area contributed by atoms with Gasteiger partial charge in [0.25, 0.3) is 5.56 Å². The van der Waals surface area contributed by atoms with Crippen molar-refractivity contribution in [1.82, 2.24) is 9.55 Å². The van der Waals surface area contributed by atoms with Crippen LogP contribution in [0.4, 0.5) is 0 Å². The fraction of sp³-hybridized carbons (Fsp3) is 0.357. The van der Waals surface area contributed by atoms with E-state index >= 15 is 0 Å². The van der Waals surface area contributed by atoms with Gasteiger partial charge in [-0.2, -0.15) is 0 Å². The molecule has 0 radical (unpaired) electrons. The molecule has 0 aliphatic heterocycles. The molecule has 0 aliphatic rings. The van der Waals surface area contributed by atoms with E-state index in [9.17, 15) is 9.59 Å². The topological polar surface area (TPSA) is 61.2 Å². The van der Waals surface area contributed by atoms with Crippen molar-refractivity contribution in [2.45, 2.75) is 20.4 Å². The van der Waals surface area contributed by atoms with Gasteiger partial charge >= 0.3 is 5.97 Å². The number of methoxy groups -OCH3 is 1. The molecule has 0 unspecified atom stereocenters. The van der Waals surface area contributed by atoms with Crippen LogP contribution in [0.1, 0.15) is 13.8 Å². The average Bonchev–Trinajstić information content (AvgIpc) is 2.41. The van der Waals surface area contributed by atoms with Crippen LogP contribution in [0.5, 0.6) is 0 Å². The molecule has 0 atom stereocenters. The maximum absolute atomic E-state index is 12.0. The molecule has 0 amide bonds. The first-order chi connectivity index (χ1) is 8.95. The molecule has 0 aliphatic carbocycles. The van der Waals surface area contributed by atoms with Crippen molar-refractivity contribution in [2.24, 2.45) is 5.41 Å². The number of ether oxygens (including phenoxy) is 1. The van der Waals surface area contributed by atoms with Crippen molar-refractivity contribution in [3.05, 3.63) is 40.8 Å². The lowest BCUT2D eigenvalue weighted by molar-refractivity contribution is -0.151. The van der Waals surface area contributed by atoms with E-state index < -0.39 is 5.41 Å². The predicted octanol–water partition coefficient (Wildman–Crippen LogP) is 1.60. The van der Waals surface area contributed by atoms with Gasteiger partial charge in [-0.1, -0.05) is 12.1 Å². The molecule has 0 spiro atoms. The van der Waals surface area contributed by atoms with Crippen molar-refractivity contribution >= 4 is 17.0 Å². The van der Waals surface area contributed by atoms with Crippen LogP contribution in [0.3, 0.4) is 0 Å². The zero-order valence-electron chi connectivity index (χ0n) is 11.2. The third-order valence-corrected chi connectivity index (χ3v) is 3.04. The fourth-order valence-electron chi connectivity index (χ4n) is 2.01. The maximum Gasteiger partial charge on any atom is 0.313 e. The largest absolute Gasteiger partial charge is 0.469 e. The second-order valence-corrected chi connectivity index (χ2v) is 5.05. The molecule has 0 bridgehead atoms. The molecule has 0 saturated carbocycles. The first-order valence-corrected chi connectivity index (χ1v) is 5.99. The summed E-state index contributed by atoms with van der Waals surface area (Å²) in [6, 6.07) is 7.34. The third kappa shape index (κ3) is 2.50. The summed E-state index contributed by atoms with van der Waals surface area (Å²) < 4.78 is 6.32. The van der Waals surface area contributed by atoms with Gasteiger partial charge in [0.05, 0.1) is 29.8 Å². The number of hydrogen-bond acceptors (Lipinski definition) is 4. The molecular formula is C14H16N2O3. The molecule has 2 rings (SSSR count). The van der Waals surface area contributed by atoms with Crippen LogP contribution in [-0.4, -0.2) is 22.6 Å². The monoisotopic (exact) mass is 260 g/mol. The number of rotatable bonds is 3. The summed E-state index contributed by atoms with van der Waals surface area (Å²) in [5.41, 5.74) is 0.438. The number of carbonyl (C=O) groups is 1. The van der Waals surface area contributed by atoms with Crippen LogP contribution < -0.4 is 5.56 Å². The van der Waals surface area contributed by atoms with Gasteiger partial charge < -0.3 is 9.30 Å². The highest BCUT2D eigenvalue weighted by molar-refractivity contribution is 5.77. The number of benzene rings is 1. The molecule has 0 saturated heterocycles. The zero-order chi connectivity index (χ0) is 14.0. The van der Waals surface area contributed by atoms with Crippen molar-refractivity contribution in [3.8, 4) is 0 Å². The van der Waals surface area contributed by atoms with Gasteiger partial charge in [-0.15, -0.1) is 0 Å². The molecule has 0 fully saturated rings. The SMILES string of the molecule is COC(=O)C(C)(C)Cn1c(=O)cnc2ccccc21. The van der Waals surface area contributed by atoms with Gasteiger partial charge in [0, 0.05) is 6.54 Å². The Hall–Kier alpha value is -2.17. The minimum Gasteiger partial charge on any atom is -0.469 e. The lowest BCUT2D eigenvalue weighted by atomic mass is 9.93. The number of hydrogen-bond donors (Lipinski definition) is 0. The molecule has 19 heavy (non-hydrogen) atoms. The van der Waals surface area contributed by atoms with Gasteiger partial charge in [-0.05, 0) is 26.0 Å². The molecule has 100 valence electrons. The molecule has 1 aromatic carbocycles. The summed E-state index contributed by atoms with van der Waals surface area (Å²) in [4.78, 5) is 27.8. The second kappa shape index (κ2) is 4.84. The normalized spacial score (nSPS) is 11.5. The van der Waals surface area contributed by atoms with Crippen molar-refractivity contribution < 1.29 is 9.53 Å². The molecule has 2 aromatic rings. The quantitative estimate of drug-likeness (QED) is 0.786. The second-order valence-electron chi connectivity index (χ2n) is 5.05. The molecule has 5 nitrogen and oxygen atoms in total. The number of carbonyl (C=O) groups excluding carboxylic acids is 1. The van der Waals surface area contributed by atoms with Gasteiger partial charge in [0.15, 0.2) is 0 Å². The Morgan fingerprint density at radius 1 is 1.37 bits per heavy atom. The number of esters is 1. The minimum atomic E-state index is -0.775. The molecule has 0 N–H and O–H groups in total. The molecule has 1 heterocycles. The first kappa shape index (κ1) is 13.3. The van der Waals surface area contributed by atoms with Crippen LogP contribution in [0.25, 0.3) is 11.0 Å². The van der Waals surface area contributed by atoms with E-state index in [4.69, 9.17) is 4.74 Å². The number of aromatic nitrogens is 2. The van der Waals surface area contributed by atoms with Crippen LogP contribution in [0, 0.1) is 5.41 Å². The Morgan fingerprint density at radius 3 is 2.74 bits per heavy atom. The Balaban J connectivity index is 2.54. The van der Waals surface area contributed by atoms with Crippen molar-refractivity contribution in [2.75, 3.05) is 7.11 Å². The van der Waals surface area contributed by atoms with Crippen LogP contribution in [-0.2, 0) is 16.1 Å².